The maximum atomic E-state index is 12.3. The number of hydrogen-bond acceptors (Lipinski definition) is 5. The second kappa shape index (κ2) is 10.8. The molecule has 1 aromatic rings. The Labute approximate surface area is 203 Å². The summed E-state index contributed by atoms with van der Waals surface area (Å²) < 4.78 is 10.8. The average Bonchev–Trinajstić information content (AvgIpc) is 3.20. The minimum absolute atomic E-state index is 0.222. The van der Waals surface area contributed by atoms with Crippen molar-refractivity contribution < 1.29 is 19.1 Å². The molecule has 3 fully saturated rings. The van der Waals surface area contributed by atoms with Crippen molar-refractivity contribution in [3.8, 4) is 0 Å². The predicted molar refractivity (Wildman–Crippen MR) is 131 cm³/mol. The van der Waals surface area contributed by atoms with E-state index < -0.39 is 5.60 Å². The molecule has 1 aliphatic carbocycles. The van der Waals surface area contributed by atoms with Crippen molar-refractivity contribution in [2.24, 2.45) is 5.92 Å². The zero-order valence-electron chi connectivity index (χ0n) is 20.8. The van der Waals surface area contributed by atoms with Gasteiger partial charge in [-0.05, 0) is 69.9 Å². The molecular formula is C27H39N3O4. The lowest BCUT2D eigenvalue weighted by Gasteiger charge is -2.35. The number of alkyl carbamates (subject to hydrolysis) is 1. The summed E-state index contributed by atoms with van der Waals surface area (Å²) in [5.41, 5.74) is 3.47. The number of benzene rings is 1. The molecule has 2 saturated heterocycles. The number of carbonyl (C=O) groups is 2. The predicted octanol–water partition coefficient (Wildman–Crippen LogP) is 4.72. The van der Waals surface area contributed by atoms with E-state index in [-0.39, 0.29) is 18.2 Å². The third-order valence-electron chi connectivity index (χ3n) is 6.96. The summed E-state index contributed by atoms with van der Waals surface area (Å²) in [6.07, 6.45) is 4.91. The summed E-state index contributed by atoms with van der Waals surface area (Å²) in [5.74, 6) is 0.687. The number of likely N-dealkylation sites (tertiary alicyclic amines) is 2. The normalized spacial score (nSPS) is 23.4. The first-order valence-corrected chi connectivity index (χ1v) is 12.6. The fraction of sp³-hybridized carbons (Fsp3) is 0.630. The van der Waals surface area contributed by atoms with Crippen molar-refractivity contribution >= 4 is 12.2 Å². The van der Waals surface area contributed by atoms with Crippen LogP contribution in [0, 0.1) is 5.92 Å². The highest BCUT2D eigenvalue weighted by Gasteiger charge is 2.32. The fourth-order valence-electron chi connectivity index (χ4n) is 5.07. The Balaban J connectivity index is 1.13. The van der Waals surface area contributed by atoms with E-state index in [9.17, 15) is 9.59 Å². The lowest BCUT2D eigenvalue weighted by Crippen LogP contribution is -2.45. The molecule has 7 heteroatoms. The molecule has 0 radical (unpaired) electrons. The Morgan fingerprint density at radius 3 is 2.38 bits per heavy atom. The number of rotatable bonds is 5. The highest BCUT2D eigenvalue weighted by molar-refractivity contribution is 5.70. The van der Waals surface area contributed by atoms with Gasteiger partial charge in [0.25, 0.3) is 0 Å². The molecule has 4 rings (SSSR count). The maximum Gasteiger partial charge on any atom is 0.410 e. The molecule has 3 aliphatic rings. The van der Waals surface area contributed by atoms with Crippen LogP contribution in [-0.2, 0) is 16.1 Å². The SMILES string of the molecule is CC(C)(C)OC(=O)NC1CCC(CN2CCC(=C3CN(C(=O)OCc4ccccc4)C3)C2)CC1. The monoisotopic (exact) mass is 469 g/mol. The molecular weight excluding hydrogens is 430 g/mol. The fourth-order valence-corrected chi connectivity index (χ4v) is 5.07. The number of ether oxygens (including phenoxy) is 2. The third-order valence-corrected chi connectivity index (χ3v) is 6.96. The summed E-state index contributed by atoms with van der Waals surface area (Å²) in [6.45, 7) is 10.7. The van der Waals surface area contributed by atoms with Crippen molar-refractivity contribution in [2.45, 2.75) is 71.1 Å². The molecule has 34 heavy (non-hydrogen) atoms. The number of nitrogens with zero attached hydrogens (tertiary/aromatic N) is 2. The summed E-state index contributed by atoms with van der Waals surface area (Å²) in [7, 11) is 0. The Hall–Kier alpha value is -2.54. The first-order chi connectivity index (χ1) is 16.2. The number of hydrogen-bond donors (Lipinski definition) is 1. The Morgan fingerprint density at radius 2 is 1.71 bits per heavy atom. The van der Waals surface area contributed by atoms with Gasteiger partial charge in [-0.25, -0.2) is 9.59 Å². The van der Waals surface area contributed by atoms with Gasteiger partial charge in [-0.1, -0.05) is 35.9 Å². The molecule has 0 unspecified atom stereocenters. The van der Waals surface area contributed by atoms with Crippen LogP contribution in [0.15, 0.2) is 41.5 Å². The first kappa shape index (κ1) is 24.6. The molecule has 7 nitrogen and oxygen atoms in total. The van der Waals surface area contributed by atoms with Crippen LogP contribution in [0.5, 0.6) is 0 Å². The van der Waals surface area contributed by atoms with E-state index in [1.54, 1.807) is 4.90 Å². The largest absolute Gasteiger partial charge is 0.445 e. The minimum Gasteiger partial charge on any atom is -0.445 e. The van der Waals surface area contributed by atoms with Gasteiger partial charge >= 0.3 is 12.2 Å². The summed E-state index contributed by atoms with van der Waals surface area (Å²) in [4.78, 5) is 28.6. The van der Waals surface area contributed by atoms with Crippen LogP contribution in [0.1, 0.15) is 58.4 Å². The molecule has 2 heterocycles. The van der Waals surface area contributed by atoms with Crippen molar-refractivity contribution in [2.75, 3.05) is 32.7 Å². The van der Waals surface area contributed by atoms with E-state index in [0.29, 0.717) is 25.6 Å². The van der Waals surface area contributed by atoms with Crippen LogP contribution >= 0.6 is 0 Å². The second-order valence-electron chi connectivity index (χ2n) is 11.0. The Bertz CT molecular complexity index is 877. The lowest BCUT2D eigenvalue weighted by molar-refractivity contribution is 0.0484. The van der Waals surface area contributed by atoms with Crippen LogP contribution in [0.25, 0.3) is 0 Å². The molecule has 0 bridgehead atoms. The molecule has 2 amide bonds. The van der Waals surface area contributed by atoms with E-state index in [2.05, 4.69) is 10.2 Å². The van der Waals surface area contributed by atoms with Crippen LogP contribution in [0.2, 0.25) is 0 Å². The van der Waals surface area contributed by atoms with Crippen LogP contribution in [-0.4, -0.2) is 66.4 Å². The molecule has 1 aromatic carbocycles. The third kappa shape index (κ3) is 6.98. The average molecular weight is 470 g/mol. The van der Waals surface area contributed by atoms with Crippen molar-refractivity contribution in [1.29, 1.82) is 0 Å². The van der Waals surface area contributed by atoms with E-state index >= 15 is 0 Å². The quantitative estimate of drug-likeness (QED) is 0.632. The number of amides is 2. The van der Waals surface area contributed by atoms with Gasteiger partial charge in [0.05, 0.1) is 0 Å². The zero-order chi connectivity index (χ0) is 24.1. The molecule has 2 aliphatic heterocycles. The molecule has 0 spiro atoms. The molecule has 1 N–H and O–H groups in total. The van der Waals surface area contributed by atoms with Gasteiger partial charge in [0.15, 0.2) is 0 Å². The van der Waals surface area contributed by atoms with Gasteiger partial charge in [0, 0.05) is 38.8 Å². The van der Waals surface area contributed by atoms with E-state index in [1.165, 1.54) is 11.1 Å². The smallest absolute Gasteiger partial charge is 0.410 e. The highest BCUT2D eigenvalue weighted by atomic mass is 16.6. The van der Waals surface area contributed by atoms with Crippen molar-refractivity contribution in [3.05, 3.63) is 47.0 Å². The highest BCUT2D eigenvalue weighted by Crippen LogP contribution is 2.30. The van der Waals surface area contributed by atoms with Crippen LogP contribution in [0.4, 0.5) is 9.59 Å². The first-order valence-electron chi connectivity index (χ1n) is 12.6. The van der Waals surface area contributed by atoms with Crippen molar-refractivity contribution in [1.82, 2.24) is 15.1 Å². The van der Waals surface area contributed by atoms with E-state index in [0.717, 1.165) is 57.3 Å². The van der Waals surface area contributed by atoms with Gasteiger partial charge in [0.1, 0.15) is 12.2 Å². The van der Waals surface area contributed by atoms with Crippen LogP contribution in [0.3, 0.4) is 0 Å². The van der Waals surface area contributed by atoms with Gasteiger partial charge in [-0.3, -0.25) is 4.90 Å². The zero-order valence-corrected chi connectivity index (χ0v) is 20.8. The Kier molecular flexibility index (Phi) is 7.81. The number of carbonyl (C=O) groups excluding carboxylic acids is 2. The minimum atomic E-state index is -0.455. The second-order valence-corrected chi connectivity index (χ2v) is 11.0. The summed E-state index contributed by atoms with van der Waals surface area (Å²) in [5, 5.41) is 3.03. The van der Waals surface area contributed by atoms with E-state index in [4.69, 9.17) is 9.47 Å². The van der Waals surface area contributed by atoms with Gasteiger partial charge in [0.2, 0.25) is 0 Å². The molecule has 0 atom stereocenters. The molecule has 186 valence electrons. The lowest BCUT2D eigenvalue weighted by atomic mass is 9.86. The standard InChI is InChI=1S/C27H39N3O4/c1-27(2,3)34-25(31)28-24-11-9-20(10-12-24)15-29-14-13-22(16-29)23-17-30(18-23)26(32)33-19-21-7-5-4-6-8-21/h4-8,20,24H,9-19H2,1-3H3,(H,28,31). The van der Waals surface area contributed by atoms with Gasteiger partial charge in [-0.15, -0.1) is 0 Å². The maximum absolute atomic E-state index is 12.3. The van der Waals surface area contributed by atoms with Crippen molar-refractivity contribution in [3.63, 3.8) is 0 Å². The molecule has 1 saturated carbocycles. The summed E-state index contributed by atoms with van der Waals surface area (Å²) >= 11 is 0. The molecule has 0 aromatic heterocycles. The van der Waals surface area contributed by atoms with Crippen LogP contribution < -0.4 is 5.32 Å². The Morgan fingerprint density at radius 1 is 1.00 bits per heavy atom. The van der Waals surface area contributed by atoms with E-state index in [1.807, 2.05) is 51.1 Å². The number of nitrogens with one attached hydrogen (secondary N) is 1. The van der Waals surface area contributed by atoms with Gasteiger partial charge < -0.3 is 19.7 Å². The summed E-state index contributed by atoms with van der Waals surface area (Å²) in [6, 6.07) is 10.0. The van der Waals surface area contributed by atoms with Gasteiger partial charge in [-0.2, -0.15) is 0 Å². The topological polar surface area (TPSA) is 71.1 Å².